The van der Waals surface area contributed by atoms with Gasteiger partial charge in [0.15, 0.2) is 11.6 Å². The van der Waals surface area contributed by atoms with Crippen LogP contribution in [0.15, 0.2) is 35.0 Å². The van der Waals surface area contributed by atoms with Gasteiger partial charge in [0.05, 0.1) is 9.75 Å². The van der Waals surface area contributed by atoms with Crippen molar-refractivity contribution in [1.82, 2.24) is 15.0 Å². The van der Waals surface area contributed by atoms with Gasteiger partial charge in [-0.25, -0.2) is 15.0 Å². The molecule has 3 aromatic rings. The minimum Gasteiger partial charge on any atom is -0.212 e. The highest BCUT2D eigenvalue weighted by Crippen LogP contribution is 2.25. The summed E-state index contributed by atoms with van der Waals surface area (Å²) in [5.74, 6) is 2.40. The third kappa shape index (κ3) is 2.19. The molecule has 0 saturated heterocycles. The smallest absolute Gasteiger partial charge is 0.173 e. The Labute approximate surface area is 113 Å². The Morgan fingerprint density at radius 2 is 1.44 bits per heavy atom. The van der Waals surface area contributed by atoms with E-state index in [1.807, 2.05) is 35.0 Å². The number of thiophene rings is 2. The van der Waals surface area contributed by atoms with Gasteiger partial charge in [0.2, 0.25) is 0 Å². The normalized spacial score (nSPS) is 10.7. The highest BCUT2D eigenvalue weighted by atomic mass is 32.1. The van der Waals surface area contributed by atoms with Gasteiger partial charge in [-0.1, -0.05) is 19.1 Å². The molecule has 3 rings (SSSR count). The molecule has 0 saturated carbocycles. The molecule has 3 heterocycles. The molecule has 0 aliphatic carbocycles. The summed E-state index contributed by atoms with van der Waals surface area (Å²) < 4.78 is 0. The van der Waals surface area contributed by atoms with Crippen LogP contribution in [0.1, 0.15) is 12.7 Å². The van der Waals surface area contributed by atoms with Crippen LogP contribution in [0.25, 0.3) is 21.4 Å². The topological polar surface area (TPSA) is 38.7 Å². The van der Waals surface area contributed by atoms with Crippen molar-refractivity contribution < 1.29 is 0 Å². The summed E-state index contributed by atoms with van der Waals surface area (Å²) in [4.78, 5) is 15.7. The molecule has 90 valence electrons. The zero-order valence-corrected chi connectivity index (χ0v) is 11.5. The Balaban J connectivity index is 2.13. The standard InChI is InChI=1S/C13H11N3S2/c1-2-11-14-12(9-5-3-7-17-9)16-13(15-11)10-6-4-8-18-10/h3-8H,2H2,1H3. The average Bonchev–Trinajstić information content (AvgIpc) is 3.10. The fourth-order valence-corrected chi connectivity index (χ4v) is 2.93. The van der Waals surface area contributed by atoms with Crippen molar-refractivity contribution in [2.75, 3.05) is 0 Å². The predicted octanol–water partition coefficient (Wildman–Crippen LogP) is 3.89. The van der Waals surface area contributed by atoms with Crippen LogP contribution in [0.4, 0.5) is 0 Å². The van der Waals surface area contributed by atoms with E-state index in [2.05, 4.69) is 21.9 Å². The molecule has 0 fully saturated rings. The molecule has 0 spiro atoms. The lowest BCUT2D eigenvalue weighted by Gasteiger charge is -2.03. The van der Waals surface area contributed by atoms with Crippen LogP contribution in [0.2, 0.25) is 0 Å². The molecule has 5 heteroatoms. The molecule has 0 aromatic carbocycles. The van der Waals surface area contributed by atoms with Crippen LogP contribution >= 0.6 is 22.7 Å². The van der Waals surface area contributed by atoms with Crippen LogP contribution in [0.3, 0.4) is 0 Å². The van der Waals surface area contributed by atoms with Gasteiger partial charge in [-0.3, -0.25) is 0 Å². The minimum absolute atomic E-state index is 0.778. The van der Waals surface area contributed by atoms with Crippen molar-refractivity contribution in [2.24, 2.45) is 0 Å². The van der Waals surface area contributed by atoms with Crippen molar-refractivity contribution in [3.8, 4) is 21.4 Å². The second-order valence-corrected chi connectivity index (χ2v) is 5.60. The molecule has 0 radical (unpaired) electrons. The molecule has 3 aromatic heterocycles. The predicted molar refractivity (Wildman–Crippen MR) is 75.8 cm³/mol. The second-order valence-electron chi connectivity index (χ2n) is 3.71. The fourth-order valence-electron chi connectivity index (χ4n) is 1.61. The molecule has 0 amide bonds. The SMILES string of the molecule is CCc1nc(-c2cccs2)nc(-c2cccs2)n1. The quantitative estimate of drug-likeness (QED) is 0.726. The van der Waals surface area contributed by atoms with Gasteiger partial charge in [-0.05, 0) is 22.9 Å². The van der Waals surface area contributed by atoms with Crippen molar-refractivity contribution in [3.63, 3.8) is 0 Å². The number of nitrogens with zero attached hydrogens (tertiary/aromatic N) is 3. The van der Waals surface area contributed by atoms with Crippen LogP contribution in [-0.4, -0.2) is 15.0 Å². The van der Waals surface area contributed by atoms with Crippen LogP contribution in [0.5, 0.6) is 0 Å². The van der Waals surface area contributed by atoms with E-state index in [4.69, 9.17) is 0 Å². The maximum absolute atomic E-state index is 4.56. The van der Waals surface area contributed by atoms with Crippen molar-refractivity contribution >= 4 is 22.7 Å². The van der Waals surface area contributed by atoms with E-state index < -0.39 is 0 Å². The van der Waals surface area contributed by atoms with Gasteiger partial charge in [0, 0.05) is 6.42 Å². The maximum Gasteiger partial charge on any atom is 0.173 e. The van der Waals surface area contributed by atoms with Gasteiger partial charge in [0.25, 0.3) is 0 Å². The van der Waals surface area contributed by atoms with E-state index >= 15 is 0 Å². The second kappa shape index (κ2) is 4.96. The Bertz CT molecular complexity index is 578. The summed E-state index contributed by atoms with van der Waals surface area (Å²) in [6.07, 6.45) is 0.819. The van der Waals surface area contributed by atoms with E-state index in [1.54, 1.807) is 22.7 Å². The van der Waals surface area contributed by atoms with Crippen molar-refractivity contribution in [1.29, 1.82) is 0 Å². The lowest BCUT2D eigenvalue weighted by atomic mass is 10.3. The molecule has 0 aliphatic rings. The van der Waals surface area contributed by atoms with Crippen LogP contribution in [0, 0.1) is 0 Å². The highest BCUT2D eigenvalue weighted by Gasteiger charge is 2.10. The molecule has 0 aliphatic heterocycles. The Morgan fingerprint density at radius 3 is 1.83 bits per heavy atom. The summed E-state index contributed by atoms with van der Waals surface area (Å²) in [7, 11) is 0. The van der Waals surface area contributed by atoms with Crippen molar-refractivity contribution in [3.05, 3.63) is 40.8 Å². The highest BCUT2D eigenvalue weighted by molar-refractivity contribution is 7.13. The average molecular weight is 273 g/mol. The number of rotatable bonds is 3. The van der Waals surface area contributed by atoms with Gasteiger partial charge < -0.3 is 0 Å². The zero-order chi connectivity index (χ0) is 12.4. The summed E-state index contributed by atoms with van der Waals surface area (Å²) in [5.41, 5.74) is 0. The van der Waals surface area contributed by atoms with Crippen molar-refractivity contribution in [2.45, 2.75) is 13.3 Å². The summed E-state index contributed by atoms with van der Waals surface area (Å²) in [6, 6.07) is 8.11. The summed E-state index contributed by atoms with van der Waals surface area (Å²) >= 11 is 3.30. The molecular formula is C13H11N3S2. The third-order valence-corrected chi connectivity index (χ3v) is 4.21. The molecule has 3 nitrogen and oxygen atoms in total. The third-order valence-electron chi connectivity index (χ3n) is 2.48. The van der Waals surface area contributed by atoms with Crippen LogP contribution in [-0.2, 0) is 6.42 Å². The van der Waals surface area contributed by atoms with Gasteiger partial charge in [-0.2, -0.15) is 0 Å². The first-order chi connectivity index (χ1) is 8.86. The molecular weight excluding hydrogens is 262 g/mol. The fraction of sp³-hybridized carbons (Fsp3) is 0.154. The monoisotopic (exact) mass is 273 g/mol. The molecule has 18 heavy (non-hydrogen) atoms. The van der Waals surface area contributed by atoms with Gasteiger partial charge in [0.1, 0.15) is 5.82 Å². The first-order valence-corrected chi connectivity index (χ1v) is 7.45. The lowest BCUT2D eigenvalue weighted by Crippen LogP contribution is -2.00. The lowest BCUT2D eigenvalue weighted by molar-refractivity contribution is 0.913. The zero-order valence-electron chi connectivity index (χ0n) is 9.83. The Hall–Kier alpha value is -1.59. The molecule has 0 atom stereocenters. The first-order valence-electron chi connectivity index (χ1n) is 5.69. The van der Waals surface area contributed by atoms with E-state index in [1.165, 1.54) is 0 Å². The van der Waals surface area contributed by atoms with E-state index in [0.717, 1.165) is 33.6 Å². The number of aryl methyl sites for hydroxylation is 1. The minimum atomic E-state index is 0.778. The Kier molecular flexibility index (Phi) is 3.17. The Morgan fingerprint density at radius 1 is 0.889 bits per heavy atom. The maximum atomic E-state index is 4.56. The first kappa shape index (κ1) is 11.5. The number of hydrogen-bond donors (Lipinski definition) is 0. The van der Waals surface area contributed by atoms with Gasteiger partial charge in [-0.15, -0.1) is 22.7 Å². The summed E-state index contributed by atoms with van der Waals surface area (Å²) in [6.45, 7) is 2.06. The van der Waals surface area contributed by atoms with E-state index in [0.29, 0.717) is 0 Å². The molecule has 0 bridgehead atoms. The van der Waals surface area contributed by atoms with Gasteiger partial charge >= 0.3 is 0 Å². The van der Waals surface area contributed by atoms with E-state index in [-0.39, 0.29) is 0 Å². The number of aromatic nitrogens is 3. The largest absolute Gasteiger partial charge is 0.212 e. The van der Waals surface area contributed by atoms with Crippen LogP contribution < -0.4 is 0 Å². The van der Waals surface area contributed by atoms with E-state index in [9.17, 15) is 0 Å². The summed E-state index contributed by atoms with van der Waals surface area (Å²) in [5, 5.41) is 4.07. The molecule has 0 N–H and O–H groups in total. The molecule has 0 unspecified atom stereocenters. The number of hydrogen-bond acceptors (Lipinski definition) is 5.